The number of pyridine rings is 2. The minimum absolute atomic E-state index is 0.181. The number of piperidine rings is 1. The van der Waals surface area contributed by atoms with Crippen molar-refractivity contribution >= 4 is 0 Å². The van der Waals surface area contributed by atoms with Crippen molar-refractivity contribution in [2.75, 3.05) is 19.7 Å². The van der Waals surface area contributed by atoms with Gasteiger partial charge in [0.1, 0.15) is 5.56 Å². The minimum atomic E-state index is -4.46. The number of halogens is 3. The van der Waals surface area contributed by atoms with Gasteiger partial charge in [0.25, 0.3) is 0 Å². The second-order valence-electron chi connectivity index (χ2n) is 6.23. The maximum atomic E-state index is 13.0. The van der Waals surface area contributed by atoms with Crippen LogP contribution in [0.25, 0.3) is 0 Å². The van der Waals surface area contributed by atoms with Gasteiger partial charge in [-0.1, -0.05) is 6.07 Å². The van der Waals surface area contributed by atoms with E-state index in [4.69, 9.17) is 4.74 Å². The fourth-order valence-corrected chi connectivity index (χ4v) is 3.07. The highest BCUT2D eigenvalue weighted by Gasteiger charge is 2.35. The molecule has 25 heavy (non-hydrogen) atoms. The average molecular weight is 351 g/mol. The Labute approximate surface area is 144 Å². The maximum Gasteiger partial charge on any atom is 0.421 e. The molecule has 0 amide bonds. The second kappa shape index (κ2) is 7.82. The van der Waals surface area contributed by atoms with E-state index in [-0.39, 0.29) is 18.4 Å². The summed E-state index contributed by atoms with van der Waals surface area (Å²) in [4.78, 5) is 10.3. The molecule has 1 saturated heterocycles. The van der Waals surface area contributed by atoms with Gasteiger partial charge in [0.05, 0.1) is 12.3 Å². The van der Waals surface area contributed by atoms with E-state index in [0.29, 0.717) is 0 Å². The summed E-state index contributed by atoms with van der Waals surface area (Å²) in [5, 5.41) is 0. The van der Waals surface area contributed by atoms with E-state index < -0.39 is 11.7 Å². The van der Waals surface area contributed by atoms with Crippen LogP contribution in [0, 0.1) is 5.92 Å². The van der Waals surface area contributed by atoms with Gasteiger partial charge in [-0.3, -0.25) is 9.88 Å². The molecule has 0 spiro atoms. The lowest BCUT2D eigenvalue weighted by atomic mass is 9.99. The smallest absolute Gasteiger partial charge is 0.421 e. The highest BCUT2D eigenvalue weighted by molar-refractivity contribution is 5.28. The Bertz CT molecular complexity index is 679. The third-order valence-corrected chi connectivity index (χ3v) is 4.25. The molecule has 0 saturated carbocycles. The third-order valence-electron chi connectivity index (χ3n) is 4.25. The summed E-state index contributed by atoms with van der Waals surface area (Å²) in [6.07, 6.45) is 0.557. The number of alkyl halides is 3. The fourth-order valence-electron chi connectivity index (χ4n) is 3.07. The Morgan fingerprint density at radius 1 is 1.12 bits per heavy atom. The van der Waals surface area contributed by atoms with Gasteiger partial charge in [0.15, 0.2) is 0 Å². The second-order valence-corrected chi connectivity index (χ2v) is 6.23. The van der Waals surface area contributed by atoms with Crippen LogP contribution in [0.3, 0.4) is 0 Å². The number of hydrogen-bond acceptors (Lipinski definition) is 4. The van der Waals surface area contributed by atoms with Gasteiger partial charge in [-0.25, -0.2) is 4.98 Å². The predicted octanol–water partition coefficient (Wildman–Crippen LogP) is 3.79. The van der Waals surface area contributed by atoms with Crippen molar-refractivity contribution < 1.29 is 17.9 Å². The van der Waals surface area contributed by atoms with Gasteiger partial charge in [0.2, 0.25) is 5.88 Å². The molecular weight excluding hydrogens is 331 g/mol. The summed E-state index contributed by atoms with van der Waals surface area (Å²) >= 11 is 0. The highest BCUT2D eigenvalue weighted by atomic mass is 19.4. The largest absolute Gasteiger partial charge is 0.477 e. The lowest BCUT2D eigenvalue weighted by Gasteiger charge is -2.32. The quantitative estimate of drug-likeness (QED) is 0.822. The zero-order valence-electron chi connectivity index (χ0n) is 13.7. The van der Waals surface area contributed by atoms with Crippen molar-refractivity contribution in [3.8, 4) is 5.88 Å². The van der Waals surface area contributed by atoms with Crippen molar-refractivity contribution in [1.29, 1.82) is 0 Å². The topological polar surface area (TPSA) is 38.2 Å². The number of hydrogen-bond donors (Lipinski definition) is 0. The summed E-state index contributed by atoms with van der Waals surface area (Å²) in [5.74, 6) is -0.155. The Hall–Kier alpha value is -2.15. The van der Waals surface area contributed by atoms with Crippen LogP contribution < -0.4 is 4.74 Å². The summed E-state index contributed by atoms with van der Waals surface area (Å²) < 4.78 is 44.4. The fraction of sp³-hybridized carbons (Fsp3) is 0.444. The van der Waals surface area contributed by atoms with Crippen molar-refractivity contribution in [2.24, 2.45) is 5.92 Å². The molecule has 1 aliphatic heterocycles. The number of ether oxygens (including phenoxy) is 1. The van der Waals surface area contributed by atoms with Gasteiger partial charge in [-0.15, -0.1) is 0 Å². The molecule has 4 nitrogen and oxygen atoms in total. The average Bonchev–Trinajstić information content (AvgIpc) is 2.61. The molecule has 0 aromatic carbocycles. The minimum Gasteiger partial charge on any atom is -0.477 e. The Morgan fingerprint density at radius 3 is 2.72 bits per heavy atom. The molecule has 3 rings (SSSR count). The highest BCUT2D eigenvalue weighted by Crippen LogP contribution is 2.35. The first-order valence-corrected chi connectivity index (χ1v) is 8.29. The first-order chi connectivity index (χ1) is 12.0. The van der Waals surface area contributed by atoms with Gasteiger partial charge in [-0.2, -0.15) is 13.2 Å². The molecule has 1 unspecified atom stereocenters. The first kappa shape index (κ1) is 17.7. The number of rotatable bonds is 5. The normalized spacial score (nSPS) is 18.9. The number of nitrogens with zero attached hydrogens (tertiary/aromatic N) is 3. The van der Waals surface area contributed by atoms with Crippen LogP contribution in [0.2, 0.25) is 0 Å². The molecule has 0 N–H and O–H groups in total. The summed E-state index contributed by atoms with van der Waals surface area (Å²) in [6.45, 7) is 2.72. The van der Waals surface area contributed by atoms with Crippen molar-refractivity contribution in [2.45, 2.75) is 25.6 Å². The molecule has 7 heteroatoms. The van der Waals surface area contributed by atoms with Crippen LogP contribution in [0.1, 0.15) is 24.1 Å². The van der Waals surface area contributed by atoms with E-state index in [1.807, 2.05) is 18.2 Å². The van der Waals surface area contributed by atoms with Crippen LogP contribution in [-0.4, -0.2) is 34.6 Å². The van der Waals surface area contributed by atoms with Gasteiger partial charge >= 0.3 is 6.18 Å². The van der Waals surface area contributed by atoms with E-state index in [9.17, 15) is 13.2 Å². The van der Waals surface area contributed by atoms with E-state index in [1.165, 1.54) is 12.3 Å². The SMILES string of the molecule is FC(F)(F)c1cccnc1OCC1CCCN(Cc2ccccn2)C1. The van der Waals surface area contributed by atoms with Crippen LogP contribution in [0.4, 0.5) is 13.2 Å². The van der Waals surface area contributed by atoms with E-state index in [1.54, 1.807) is 6.20 Å². The molecule has 0 bridgehead atoms. The molecule has 3 heterocycles. The summed E-state index contributed by atoms with van der Waals surface area (Å²) in [7, 11) is 0. The van der Waals surface area contributed by atoms with Crippen molar-refractivity contribution in [3.63, 3.8) is 0 Å². The predicted molar refractivity (Wildman–Crippen MR) is 87.0 cm³/mol. The van der Waals surface area contributed by atoms with Crippen molar-refractivity contribution in [1.82, 2.24) is 14.9 Å². The Kier molecular flexibility index (Phi) is 5.53. The number of aromatic nitrogens is 2. The van der Waals surface area contributed by atoms with Crippen LogP contribution >= 0.6 is 0 Å². The Balaban J connectivity index is 1.57. The summed E-state index contributed by atoms with van der Waals surface area (Å²) in [6, 6.07) is 8.07. The number of likely N-dealkylation sites (tertiary alicyclic amines) is 1. The molecular formula is C18H20F3N3O. The van der Waals surface area contributed by atoms with Crippen LogP contribution in [0.5, 0.6) is 5.88 Å². The molecule has 1 fully saturated rings. The monoisotopic (exact) mass is 351 g/mol. The van der Waals surface area contributed by atoms with Crippen LogP contribution in [0.15, 0.2) is 42.7 Å². The third kappa shape index (κ3) is 4.92. The first-order valence-electron chi connectivity index (χ1n) is 8.29. The van der Waals surface area contributed by atoms with E-state index in [2.05, 4.69) is 14.9 Å². The van der Waals surface area contributed by atoms with Gasteiger partial charge in [-0.05, 0) is 43.7 Å². The zero-order valence-corrected chi connectivity index (χ0v) is 13.7. The molecule has 0 aliphatic carbocycles. The molecule has 0 radical (unpaired) electrons. The lowest BCUT2D eigenvalue weighted by molar-refractivity contribution is -0.139. The van der Waals surface area contributed by atoms with Crippen molar-refractivity contribution in [3.05, 3.63) is 54.0 Å². The van der Waals surface area contributed by atoms with E-state index >= 15 is 0 Å². The zero-order chi connectivity index (χ0) is 17.7. The Morgan fingerprint density at radius 2 is 1.96 bits per heavy atom. The molecule has 2 aromatic heterocycles. The van der Waals surface area contributed by atoms with Crippen LogP contribution in [-0.2, 0) is 12.7 Å². The summed E-state index contributed by atoms with van der Waals surface area (Å²) in [5.41, 5.74) is 0.171. The van der Waals surface area contributed by atoms with Gasteiger partial charge < -0.3 is 4.74 Å². The standard InChI is InChI=1S/C18H20F3N3O/c19-18(20,21)16-7-3-9-23-17(16)25-13-14-5-4-10-24(11-14)12-15-6-1-2-8-22-15/h1-3,6-9,14H,4-5,10-13H2. The van der Waals surface area contributed by atoms with Gasteiger partial charge in [0, 0.05) is 31.4 Å². The van der Waals surface area contributed by atoms with E-state index in [0.717, 1.165) is 44.2 Å². The molecule has 2 aromatic rings. The lowest BCUT2D eigenvalue weighted by Crippen LogP contribution is -2.37. The maximum absolute atomic E-state index is 13.0. The molecule has 1 atom stereocenters. The molecule has 1 aliphatic rings. The molecule has 134 valence electrons.